The van der Waals surface area contributed by atoms with Crippen LogP contribution in [0.25, 0.3) is 0 Å². The summed E-state index contributed by atoms with van der Waals surface area (Å²) in [6.07, 6.45) is 0. The third kappa shape index (κ3) is 4.53. The van der Waals surface area contributed by atoms with Gasteiger partial charge in [0.25, 0.3) is 5.91 Å². The minimum absolute atomic E-state index is 0.0534. The number of hydrogen-bond acceptors (Lipinski definition) is 4. The Morgan fingerprint density at radius 1 is 1.37 bits per heavy atom. The van der Waals surface area contributed by atoms with E-state index in [1.807, 2.05) is 0 Å². The van der Waals surface area contributed by atoms with Crippen LogP contribution in [0.2, 0.25) is 0 Å². The van der Waals surface area contributed by atoms with E-state index >= 15 is 0 Å². The highest BCUT2D eigenvalue weighted by molar-refractivity contribution is 7.92. The van der Waals surface area contributed by atoms with Gasteiger partial charge in [-0.3, -0.25) is 9.52 Å². The largest absolute Gasteiger partial charge is 0.348 e. The summed E-state index contributed by atoms with van der Waals surface area (Å²) < 4.78 is 25.5. The lowest BCUT2D eigenvalue weighted by Gasteiger charge is -2.14. The normalized spacial score (nSPS) is 12.8. The minimum Gasteiger partial charge on any atom is -0.348 e. The minimum atomic E-state index is -3.42. The van der Waals surface area contributed by atoms with E-state index < -0.39 is 10.0 Å². The Hall–Kier alpha value is -1.60. The molecule has 0 aliphatic rings. The molecule has 0 aliphatic heterocycles. The van der Waals surface area contributed by atoms with Gasteiger partial charge in [-0.2, -0.15) is 0 Å². The maximum Gasteiger partial charge on any atom is 0.253 e. The van der Waals surface area contributed by atoms with E-state index in [1.165, 1.54) is 6.92 Å². The highest BCUT2D eigenvalue weighted by atomic mass is 32.2. The SMILES string of the molecule is CCS(=O)(=O)Nc1ccccc1C(=O)N[C@@H](C)CN. The van der Waals surface area contributed by atoms with Crippen LogP contribution in [0.1, 0.15) is 24.2 Å². The second-order valence-electron chi connectivity index (χ2n) is 4.16. The Morgan fingerprint density at radius 2 is 2.00 bits per heavy atom. The first kappa shape index (κ1) is 15.5. The van der Waals surface area contributed by atoms with Gasteiger partial charge in [0.1, 0.15) is 0 Å². The number of anilines is 1. The van der Waals surface area contributed by atoms with Crippen LogP contribution >= 0.6 is 0 Å². The molecule has 0 saturated carbocycles. The van der Waals surface area contributed by atoms with Gasteiger partial charge in [-0.05, 0) is 26.0 Å². The summed E-state index contributed by atoms with van der Waals surface area (Å²) in [6, 6.07) is 6.27. The van der Waals surface area contributed by atoms with Gasteiger partial charge >= 0.3 is 0 Å². The molecule has 6 nitrogen and oxygen atoms in total. The lowest BCUT2D eigenvalue weighted by atomic mass is 10.1. The molecule has 19 heavy (non-hydrogen) atoms. The predicted molar refractivity (Wildman–Crippen MR) is 75.5 cm³/mol. The quantitative estimate of drug-likeness (QED) is 0.709. The van der Waals surface area contributed by atoms with E-state index in [0.717, 1.165) is 0 Å². The molecule has 0 spiro atoms. The molecule has 1 amide bonds. The molecule has 4 N–H and O–H groups in total. The first-order chi connectivity index (χ1) is 8.89. The summed E-state index contributed by atoms with van der Waals surface area (Å²) >= 11 is 0. The number of amides is 1. The average molecular weight is 285 g/mol. The van der Waals surface area contributed by atoms with Crippen molar-refractivity contribution in [3.05, 3.63) is 29.8 Å². The molecule has 1 aromatic rings. The van der Waals surface area contributed by atoms with Crippen molar-refractivity contribution < 1.29 is 13.2 Å². The van der Waals surface area contributed by atoms with Crippen molar-refractivity contribution in [1.82, 2.24) is 5.32 Å². The lowest BCUT2D eigenvalue weighted by Crippen LogP contribution is -2.38. The number of sulfonamides is 1. The lowest BCUT2D eigenvalue weighted by molar-refractivity contribution is 0.0942. The predicted octanol–water partition coefficient (Wildman–Crippen LogP) is 0.525. The Kier molecular flexibility index (Phi) is 5.31. The molecule has 0 fully saturated rings. The van der Waals surface area contributed by atoms with Gasteiger partial charge in [0.15, 0.2) is 0 Å². The van der Waals surface area contributed by atoms with Crippen molar-refractivity contribution >= 4 is 21.6 Å². The van der Waals surface area contributed by atoms with Gasteiger partial charge in [-0.1, -0.05) is 12.1 Å². The summed E-state index contributed by atoms with van der Waals surface area (Å²) in [4.78, 5) is 12.0. The van der Waals surface area contributed by atoms with E-state index in [0.29, 0.717) is 6.54 Å². The van der Waals surface area contributed by atoms with E-state index in [1.54, 1.807) is 31.2 Å². The number of carbonyl (C=O) groups excluding carboxylic acids is 1. The average Bonchev–Trinajstić information content (AvgIpc) is 2.38. The van der Waals surface area contributed by atoms with Gasteiger partial charge in [0.2, 0.25) is 10.0 Å². The zero-order valence-corrected chi connectivity index (χ0v) is 11.8. The van der Waals surface area contributed by atoms with Crippen LogP contribution in [0.4, 0.5) is 5.69 Å². The second kappa shape index (κ2) is 6.53. The molecule has 0 aliphatic carbocycles. The van der Waals surface area contributed by atoms with Gasteiger partial charge in [0.05, 0.1) is 17.0 Å². The van der Waals surface area contributed by atoms with E-state index in [2.05, 4.69) is 10.0 Å². The number of para-hydroxylation sites is 1. The maximum absolute atomic E-state index is 12.0. The molecule has 0 unspecified atom stereocenters. The fourth-order valence-electron chi connectivity index (χ4n) is 1.37. The third-order valence-corrected chi connectivity index (χ3v) is 3.84. The highest BCUT2D eigenvalue weighted by Crippen LogP contribution is 2.16. The molecule has 1 aromatic carbocycles. The number of rotatable bonds is 6. The third-order valence-electron chi connectivity index (χ3n) is 2.55. The van der Waals surface area contributed by atoms with E-state index in [-0.39, 0.29) is 29.0 Å². The Bertz CT molecular complexity index is 543. The zero-order chi connectivity index (χ0) is 14.5. The molecule has 0 bridgehead atoms. The van der Waals surface area contributed by atoms with Gasteiger partial charge < -0.3 is 11.1 Å². The summed E-state index contributed by atoms with van der Waals surface area (Å²) in [5.41, 5.74) is 5.98. The van der Waals surface area contributed by atoms with Crippen molar-refractivity contribution in [2.24, 2.45) is 5.73 Å². The number of carbonyl (C=O) groups is 1. The van der Waals surface area contributed by atoms with Gasteiger partial charge in [-0.25, -0.2) is 8.42 Å². The number of nitrogens with two attached hydrogens (primary N) is 1. The number of benzene rings is 1. The Labute approximate surface area is 113 Å². The van der Waals surface area contributed by atoms with Gasteiger partial charge in [0, 0.05) is 12.6 Å². The van der Waals surface area contributed by atoms with Crippen molar-refractivity contribution in [3.8, 4) is 0 Å². The van der Waals surface area contributed by atoms with Crippen molar-refractivity contribution in [2.45, 2.75) is 19.9 Å². The first-order valence-corrected chi connectivity index (χ1v) is 7.65. The fourth-order valence-corrected chi connectivity index (χ4v) is 2.03. The highest BCUT2D eigenvalue weighted by Gasteiger charge is 2.16. The first-order valence-electron chi connectivity index (χ1n) is 6.00. The van der Waals surface area contributed by atoms with Crippen LogP contribution in [0, 0.1) is 0 Å². The topological polar surface area (TPSA) is 101 Å². The molecule has 1 atom stereocenters. The zero-order valence-electron chi connectivity index (χ0n) is 11.0. The maximum atomic E-state index is 12.0. The van der Waals surface area contributed by atoms with Crippen LogP contribution in [0.3, 0.4) is 0 Å². The molecule has 7 heteroatoms. The monoisotopic (exact) mass is 285 g/mol. The fraction of sp³-hybridized carbons (Fsp3) is 0.417. The van der Waals surface area contributed by atoms with Crippen LogP contribution in [-0.4, -0.2) is 32.7 Å². The second-order valence-corrected chi connectivity index (χ2v) is 6.17. The van der Waals surface area contributed by atoms with Crippen LogP contribution in [0.15, 0.2) is 24.3 Å². The van der Waals surface area contributed by atoms with Crippen LogP contribution < -0.4 is 15.8 Å². The Morgan fingerprint density at radius 3 is 2.58 bits per heavy atom. The van der Waals surface area contributed by atoms with Crippen LogP contribution in [-0.2, 0) is 10.0 Å². The number of nitrogens with one attached hydrogen (secondary N) is 2. The van der Waals surface area contributed by atoms with Gasteiger partial charge in [-0.15, -0.1) is 0 Å². The molecular formula is C12H19N3O3S. The summed E-state index contributed by atoms with van der Waals surface area (Å²) in [7, 11) is -3.42. The Balaban J connectivity index is 2.99. The van der Waals surface area contributed by atoms with Crippen molar-refractivity contribution in [3.63, 3.8) is 0 Å². The summed E-state index contributed by atoms with van der Waals surface area (Å²) in [6.45, 7) is 3.62. The molecule has 0 heterocycles. The van der Waals surface area contributed by atoms with E-state index in [9.17, 15) is 13.2 Å². The molecular weight excluding hydrogens is 266 g/mol. The molecule has 0 aromatic heterocycles. The standard InChI is InChI=1S/C12H19N3O3S/c1-3-19(17,18)15-11-7-5-4-6-10(11)12(16)14-9(2)8-13/h4-7,9,15H,3,8,13H2,1-2H3,(H,14,16)/t9-/m0/s1. The number of hydrogen-bond donors (Lipinski definition) is 3. The molecule has 0 radical (unpaired) electrons. The van der Waals surface area contributed by atoms with Crippen molar-refractivity contribution in [1.29, 1.82) is 0 Å². The van der Waals surface area contributed by atoms with E-state index in [4.69, 9.17) is 5.73 Å². The summed E-state index contributed by atoms with van der Waals surface area (Å²) in [5.74, 6) is -0.408. The van der Waals surface area contributed by atoms with Crippen molar-refractivity contribution in [2.75, 3.05) is 17.0 Å². The smallest absolute Gasteiger partial charge is 0.253 e. The van der Waals surface area contributed by atoms with Crippen LogP contribution in [0.5, 0.6) is 0 Å². The molecule has 106 valence electrons. The molecule has 0 saturated heterocycles. The summed E-state index contributed by atoms with van der Waals surface area (Å²) in [5, 5.41) is 2.69. The molecule has 1 rings (SSSR count).